The minimum absolute atomic E-state index is 0.886. The number of hydrogen-bond donors (Lipinski definition) is 1. The molecule has 0 aliphatic rings. The summed E-state index contributed by atoms with van der Waals surface area (Å²) in [5, 5.41) is 3.10. The van der Waals surface area contributed by atoms with E-state index in [9.17, 15) is 0 Å². The van der Waals surface area contributed by atoms with Crippen molar-refractivity contribution in [2.45, 2.75) is 20.0 Å². The van der Waals surface area contributed by atoms with Crippen molar-refractivity contribution >= 4 is 0 Å². The normalized spacial score (nSPS) is 10.9. The van der Waals surface area contributed by atoms with Crippen molar-refractivity contribution in [1.29, 1.82) is 0 Å². The van der Waals surface area contributed by atoms with E-state index in [1.807, 2.05) is 13.2 Å². The average molecular weight is 193 g/mol. The Kier molecular flexibility index (Phi) is 4.56. The summed E-state index contributed by atoms with van der Waals surface area (Å²) in [6, 6.07) is 4.22. The molecule has 1 aromatic heterocycles. The summed E-state index contributed by atoms with van der Waals surface area (Å²) < 4.78 is 0. The Morgan fingerprint density at radius 1 is 1.43 bits per heavy atom. The van der Waals surface area contributed by atoms with Gasteiger partial charge >= 0.3 is 0 Å². The van der Waals surface area contributed by atoms with Crippen molar-refractivity contribution in [2.75, 3.05) is 20.6 Å². The minimum atomic E-state index is 0.886. The van der Waals surface area contributed by atoms with Gasteiger partial charge in [0, 0.05) is 19.3 Å². The SMILES string of the molecule is CCN(C)Cc1ccc(CNC)cn1. The van der Waals surface area contributed by atoms with Crippen molar-refractivity contribution in [1.82, 2.24) is 15.2 Å². The fourth-order valence-electron chi connectivity index (χ4n) is 1.25. The monoisotopic (exact) mass is 193 g/mol. The number of nitrogens with one attached hydrogen (secondary N) is 1. The number of nitrogens with zero attached hydrogens (tertiary/aromatic N) is 2. The first-order valence-electron chi connectivity index (χ1n) is 5.03. The van der Waals surface area contributed by atoms with E-state index in [4.69, 9.17) is 0 Å². The molecule has 0 unspecified atom stereocenters. The van der Waals surface area contributed by atoms with E-state index in [1.165, 1.54) is 5.56 Å². The minimum Gasteiger partial charge on any atom is -0.316 e. The lowest BCUT2D eigenvalue weighted by molar-refractivity contribution is 0.341. The Morgan fingerprint density at radius 2 is 2.21 bits per heavy atom. The quantitative estimate of drug-likeness (QED) is 0.763. The van der Waals surface area contributed by atoms with Crippen molar-refractivity contribution in [3.05, 3.63) is 29.6 Å². The van der Waals surface area contributed by atoms with Gasteiger partial charge in [-0.1, -0.05) is 13.0 Å². The highest BCUT2D eigenvalue weighted by Crippen LogP contribution is 2.02. The molecule has 0 fully saturated rings. The van der Waals surface area contributed by atoms with Gasteiger partial charge < -0.3 is 10.2 Å². The second kappa shape index (κ2) is 5.73. The summed E-state index contributed by atoms with van der Waals surface area (Å²) in [4.78, 5) is 6.64. The second-order valence-corrected chi connectivity index (χ2v) is 3.52. The third-order valence-corrected chi connectivity index (χ3v) is 2.24. The third-order valence-electron chi connectivity index (χ3n) is 2.24. The fourth-order valence-corrected chi connectivity index (χ4v) is 1.25. The molecular formula is C11H19N3. The van der Waals surface area contributed by atoms with Gasteiger partial charge in [0.05, 0.1) is 5.69 Å². The van der Waals surface area contributed by atoms with Gasteiger partial charge in [0.25, 0.3) is 0 Å². The topological polar surface area (TPSA) is 28.2 Å². The van der Waals surface area contributed by atoms with Gasteiger partial charge in [0.2, 0.25) is 0 Å². The molecule has 3 nitrogen and oxygen atoms in total. The van der Waals surface area contributed by atoms with Crippen molar-refractivity contribution in [2.24, 2.45) is 0 Å². The van der Waals surface area contributed by atoms with E-state index in [0.717, 1.165) is 25.3 Å². The average Bonchev–Trinajstić information content (AvgIpc) is 2.21. The van der Waals surface area contributed by atoms with Crippen LogP contribution in [0.5, 0.6) is 0 Å². The van der Waals surface area contributed by atoms with E-state index < -0.39 is 0 Å². The Labute approximate surface area is 86.2 Å². The van der Waals surface area contributed by atoms with Crippen LogP contribution < -0.4 is 5.32 Å². The number of hydrogen-bond acceptors (Lipinski definition) is 3. The van der Waals surface area contributed by atoms with Gasteiger partial charge in [-0.2, -0.15) is 0 Å². The van der Waals surface area contributed by atoms with Gasteiger partial charge in [-0.15, -0.1) is 0 Å². The van der Waals surface area contributed by atoms with Crippen LogP contribution >= 0.6 is 0 Å². The maximum Gasteiger partial charge on any atom is 0.0544 e. The maximum absolute atomic E-state index is 4.40. The van der Waals surface area contributed by atoms with Crippen LogP contribution in [0.2, 0.25) is 0 Å². The molecule has 78 valence electrons. The first-order valence-corrected chi connectivity index (χ1v) is 5.03. The van der Waals surface area contributed by atoms with Crippen LogP contribution in [-0.4, -0.2) is 30.5 Å². The summed E-state index contributed by atoms with van der Waals surface area (Å²) in [6.45, 7) is 5.02. The first-order chi connectivity index (χ1) is 6.76. The van der Waals surface area contributed by atoms with E-state index in [0.29, 0.717) is 0 Å². The van der Waals surface area contributed by atoms with E-state index in [1.54, 1.807) is 0 Å². The standard InChI is InChI=1S/C11H19N3/c1-4-14(3)9-11-6-5-10(7-12-2)8-13-11/h5-6,8,12H,4,7,9H2,1-3H3. The number of aromatic nitrogens is 1. The molecule has 0 atom stereocenters. The first kappa shape index (κ1) is 11.1. The molecule has 0 saturated carbocycles. The lowest BCUT2D eigenvalue weighted by atomic mass is 10.2. The molecule has 0 radical (unpaired) electrons. The molecule has 1 N–H and O–H groups in total. The lowest BCUT2D eigenvalue weighted by Crippen LogP contribution is -2.17. The Balaban J connectivity index is 2.54. The Hall–Kier alpha value is -0.930. The highest BCUT2D eigenvalue weighted by Gasteiger charge is 1.98. The highest BCUT2D eigenvalue weighted by atomic mass is 15.1. The molecular weight excluding hydrogens is 174 g/mol. The molecule has 0 aliphatic carbocycles. The van der Waals surface area contributed by atoms with Crippen molar-refractivity contribution in [3.8, 4) is 0 Å². The molecule has 0 bridgehead atoms. The van der Waals surface area contributed by atoms with E-state index in [2.05, 4.69) is 41.3 Å². The maximum atomic E-state index is 4.40. The molecule has 0 aromatic carbocycles. The molecule has 0 amide bonds. The van der Waals surface area contributed by atoms with E-state index >= 15 is 0 Å². The second-order valence-electron chi connectivity index (χ2n) is 3.52. The Morgan fingerprint density at radius 3 is 2.71 bits per heavy atom. The predicted octanol–water partition coefficient (Wildman–Crippen LogP) is 1.25. The molecule has 0 spiro atoms. The molecule has 0 aliphatic heterocycles. The smallest absolute Gasteiger partial charge is 0.0544 e. The van der Waals surface area contributed by atoms with Crippen LogP contribution in [0.15, 0.2) is 18.3 Å². The summed E-state index contributed by atoms with van der Waals surface area (Å²) >= 11 is 0. The van der Waals surface area contributed by atoms with Crippen molar-refractivity contribution < 1.29 is 0 Å². The molecule has 1 heterocycles. The highest BCUT2D eigenvalue weighted by molar-refractivity contribution is 5.13. The largest absolute Gasteiger partial charge is 0.316 e. The van der Waals surface area contributed by atoms with Crippen LogP contribution in [0.3, 0.4) is 0 Å². The summed E-state index contributed by atoms with van der Waals surface area (Å²) in [5.41, 5.74) is 2.37. The van der Waals surface area contributed by atoms with Gasteiger partial charge in [-0.05, 0) is 32.3 Å². The third kappa shape index (κ3) is 3.44. The number of pyridine rings is 1. The van der Waals surface area contributed by atoms with Gasteiger partial charge in [0.15, 0.2) is 0 Å². The molecule has 14 heavy (non-hydrogen) atoms. The van der Waals surface area contributed by atoms with Crippen LogP contribution in [0.4, 0.5) is 0 Å². The molecule has 1 rings (SSSR count). The Bertz CT molecular complexity index is 256. The van der Waals surface area contributed by atoms with Gasteiger partial charge in [-0.3, -0.25) is 4.98 Å². The fraction of sp³-hybridized carbons (Fsp3) is 0.545. The van der Waals surface area contributed by atoms with Crippen LogP contribution in [0.1, 0.15) is 18.2 Å². The van der Waals surface area contributed by atoms with Gasteiger partial charge in [0.1, 0.15) is 0 Å². The van der Waals surface area contributed by atoms with Crippen LogP contribution in [0, 0.1) is 0 Å². The zero-order valence-corrected chi connectivity index (χ0v) is 9.25. The van der Waals surface area contributed by atoms with Gasteiger partial charge in [-0.25, -0.2) is 0 Å². The zero-order chi connectivity index (χ0) is 10.4. The van der Waals surface area contributed by atoms with Crippen LogP contribution in [0.25, 0.3) is 0 Å². The molecule has 0 saturated heterocycles. The summed E-state index contributed by atoms with van der Waals surface area (Å²) in [5.74, 6) is 0. The number of rotatable bonds is 5. The lowest BCUT2D eigenvalue weighted by Gasteiger charge is -2.12. The summed E-state index contributed by atoms with van der Waals surface area (Å²) in [7, 11) is 4.04. The van der Waals surface area contributed by atoms with Crippen molar-refractivity contribution in [3.63, 3.8) is 0 Å². The van der Waals surface area contributed by atoms with E-state index in [-0.39, 0.29) is 0 Å². The zero-order valence-electron chi connectivity index (χ0n) is 9.25. The predicted molar refractivity (Wildman–Crippen MR) is 59.0 cm³/mol. The summed E-state index contributed by atoms with van der Waals surface area (Å²) in [6.07, 6.45) is 1.94. The van der Waals surface area contributed by atoms with Crippen LogP contribution in [-0.2, 0) is 13.1 Å². The molecule has 3 heteroatoms. The molecule has 1 aromatic rings.